The highest BCUT2D eigenvalue weighted by molar-refractivity contribution is 7.99. The number of thioether (sulfide) groups is 1. The van der Waals surface area contributed by atoms with Gasteiger partial charge in [-0.3, -0.25) is 0 Å². The zero-order chi connectivity index (χ0) is 14.7. The minimum atomic E-state index is 0.240. The molecule has 0 amide bonds. The second kappa shape index (κ2) is 7.23. The minimum Gasteiger partial charge on any atom is -0.375 e. The monoisotopic (exact) mass is 311 g/mol. The molecule has 0 bridgehead atoms. The van der Waals surface area contributed by atoms with E-state index in [1.807, 2.05) is 0 Å². The zero-order valence-electron chi connectivity index (χ0n) is 13.9. The Bertz CT molecular complexity index is 320. The molecule has 122 valence electrons. The van der Waals surface area contributed by atoms with Gasteiger partial charge in [0.05, 0.1) is 5.60 Å². The van der Waals surface area contributed by atoms with Crippen LogP contribution in [0.2, 0.25) is 0 Å². The first-order valence-corrected chi connectivity index (χ1v) is 10.3. The first-order valence-electron chi connectivity index (χ1n) is 9.19. The van der Waals surface area contributed by atoms with Gasteiger partial charge < -0.3 is 10.1 Å². The van der Waals surface area contributed by atoms with Crippen molar-refractivity contribution in [1.29, 1.82) is 0 Å². The van der Waals surface area contributed by atoms with Gasteiger partial charge in [0, 0.05) is 12.6 Å². The van der Waals surface area contributed by atoms with Crippen molar-refractivity contribution in [3.8, 4) is 0 Å². The molecule has 3 aliphatic rings. The Hall–Kier alpha value is 0.270. The summed E-state index contributed by atoms with van der Waals surface area (Å²) in [5, 5.41) is 3.92. The molecular formula is C18H33NOS. The molecular weight excluding hydrogens is 278 g/mol. The summed E-state index contributed by atoms with van der Waals surface area (Å²) in [5.74, 6) is 5.30. The molecule has 1 N–H and O–H groups in total. The molecule has 3 rings (SSSR count). The Balaban J connectivity index is 1.65. The highest BCUT2D eigenvalue weighted by atomic mass is 32.2. The average molecular weight is 312 g/mol. The smallest absolute Gasteiger partial charge is 0.0701 e. The summed E-state index contributed by atoms with van der Waals surface area (Å²) >= 11 is 2.11. The Kier molecular flexibility index (Phi) is 5.55. The fourth-order valence-corrected chi connectivity index (χ4v) is 5.71. The van der Waals surface area contributed by atoms with E-state index in [2.05, 4.69) is 30.9 Å². The van der Waals surface area contributed by atoms with Crippen LogP contribution in [0.5, 0.6) is 0 Å². The van der Waals surface area contributed by atoms with Gasteiger partial charge >= 0.3 is 0 Å². The van der Waals surface area contributed by atoms with Gasteiger partial charge in [-0.15, -0.1) is 0 Å². The lowest BCUT2D eigenvalue weighted by molar-refractivity contribution is -0.110. The van der Waals surface area contributed by atoms with Gasteiger partial charge in [0.25, 0.3) is 0 Å². The van der Waals surface area contributed by atoms with Gasteiger partial charge in [-0.25, -0.2) is 0 Å². The molecule has 0 aromatic rings. The molecule has 2 aliphatic heterocycles. The molecule has 0 radical (unpaired) electrons. The highest BCUT2D eigenvalue weighted by Crippen LogP contribution is 2.45. The van der Waals surface area contributed by atoms with Crippen LogP contribution in [0.25, 0.3) is 0 Å². The number of hydrogen-bond acceptors (Lipinski definition) is 3. The fraction of sp³-hybridized carbons (Fsp3) is 1.00. The summed E-state index contributed by atoms with van der Waals surface area (Å²) in [6, 6.07) is 0.729. The largest absolute Gasteiger partial charge is 0.375 e. The maximum atomic E-state index is 6.31. The first kappa shape index (κ1) is 16.1. The van der Waals surface area contributed by atoms with Crippen molar-refractivity contribution in [1.82, 2.24) is 5.32 Å². The predicted molar refractivity (Wildman–Crippen MR) is 91.9 cm³/mol. The number of ether oxygens (including phenoxy) is 1. The van der Waals surface area contributed by atoms with E-state index in [0.717, 1.165) is 30.4 Å². The van der Waals surface area contributed by atoms with Crippen LogP contribution in [0.3, 0.4) is 0 Å². The predicted octanol–water partition coefficient (Wildman–Crippen LogP) is 4.09. The van der Waals surface area contributed by atoms with Crippen LogP contribution in [0.15, 0.2) is 0 Å². The molecule has 2 saturated heterocycles. The van der Waals surface area contributed by atoms with Crippen molar-refractivity contribution in [2.24, 2.45) is 17.8 Å². The lowest BCUT2D eigenvalue weighted by Gasteiger charge is -2.46. The maximum absolute atomic E-state index is 6.31. The molecule has 1 saturated carbocycles. The summed E-state index contributed by atoms with van der Waals surface area (Å²) in [6.07, 6.45) is 9.34. The van der Waals surface area contributed by atoms with Crippen LogP contribution in [0.1, 0.15) is 58.8 Å². The van der Waals surface area contributed by atoms with Crippen LogP contribution in [-0.2, 0) is 4.74 Å². The molecule has 0 aromatic carbocycles. The van der Waals surface area contributed by atoms with E-state index in [4.69, 9.17) is 4.74 Å². The second-order valence-corrected chi connectivity index (χ2v) is 8.80. The number of nitrogens with one attached hydrogen (secondary N) is 1. The molecule has 2 heterocycles. The van der Waals surface area contributed by atoms with E-state index in [-0.39, 0.29) is 5.60 Å². The van der Waals surface area contributed by atoms with E-state index >= 15 is 0 Å². The van der Waals surface area contributed by atoms with Crippen molar-refractivity contribution in [3.05, 3.63) is 0 Å². The minimum absolute atomic E-state index is 0.240. The highest BCUT2D eigenvalue weighted by Gasteiger charge is 2.44. The van der Waals surface area contributed by atoms with Crippen LogP contribution < -0.4 is 5.32 Å². The standard InChI is InChI=1S/C18H33NOS/c1-3-9-19-17(14(2)15-4-5-15)16-6-10-20-18(13-16)7-11-21-12-8-18/h14-17,19H,3-13H2,1-2H3. The zero-order valence-corrected chi connectivity index (χ0v) is 14.7. The summed E-state index contributed by atoms with van der Waals surface area (Å²) in [6.45, 7) is 6.97. The molecule has 3 heteroatoms. The molecule has 3 unspecified atom stereocenters. The fourth-order valence-electron chi connectivity index (χ4n) is 4.47. The van der Waals surface area contributed by atoms with Crippen LogP contribution in [-0.4, -0.2) is 36.3 Å². The molecule has 3 fully saturated rings. The van der Waals surface area contributed by atoms with E-state index in [9.17, 15) is 0 Å². The van der Waals surface area contributed by atoms with Crippen LogP contribution in [0, 0.1) is 17.8 Å². The lowest BCUT2D eigenvalue weighted by atomic mass is 9.74. The lowest BCUT2D eigenvalue weighted by Crippen LogP contribution is -2.51. The van der Waals surface area contributed by atoms with E-state index in [1.54, 1.807) is 0 Å². The Labute approximate surface area is 135 Å². The summed E-state index contributed by atoms with van der Waals surface area (Å²) in [4.78, 5) is 0. The van der Waals surface area contributed by atoms with Crippen molar-refractivity contribution in [2.45, 2.75) is 70.4 Å². The SMILES string of the molecule is CCCNC(C1CCOC2(CCSCC2)C1)C(C)C1CC1. The van der Waals surface area contributed by atoms with Crippen molar-refractivity contribution < 1.29 is 4.74 Å². The number of rotatable bonds is 6. The van der Waals surface area contributed by atoms with Crippen molar-refractivity contribution in [2.75, 3.05) is 24.7 Å². The van der Waals surface area contributed by atoms with Crippen molar-refractivity contribution in [3.63, 3.8) is 0 Å². The quantitative estimate of drug-likeness (QED) is 0.798. The van der Waals surface area contributed by atoms with Crippen molar-refractivity contribution >= 4 is 11.8 Å². The molecule has 0 aromatic heterocycles. The maximum Gasteiger partial charge on any atom is 0.0701 e. The van der Waals surface area contributed by atoms with Gasteiger partial charge in [-0.1, -0.05) is 13.8 Å². The number of hydrogen-bond donors (Lipinski definition) is 1. The Morgan fingerprint density at radius 1 is 1.19 bits per heavy atom. The first-order chi connectivity index (χ1) is 10.2. The topological polar surface area (TPSA) is 21.3 Å². The van der Waals surface area contributed by atoms with Gasteiger partial charge in [0.2, 0.25) is 0 Å². The van der Waals surface area contributed by atoms with Gasteiger partial charge in [0.15, 0.2) is 0 Å². The van der Waals surface area contributed by atoms with Gasteiger partial charge in [0.1, 0.15) is 0 Å². The molecule has 1 aliphatic carbocycles. The third kappa shape index (κ3) is 3.97. The van der Waals surface area contributed by atoms with Gasteiger partial charge in [-0.2, -0.15) is 11.8 Å². The Morgan fingerprint density at radius 3 is 2.62 bits per heavy atom. The normalized spacial score (nSPS) is 32.0. The summed E-state index contributed by atoms with van der Waals surface area (Å²) in [5.41, 5.74) is 0.240. The third-order valence-electron chi connectivity index (χ3n) is 6.01. The molecule has 1 spiro atoms. The third-order valence-corrected chi connectivity index (χ3v) is 6.99. The second-order valence-electron chi connectivity index (χ2n) is 7.57. The van der Waals surface area contributed by atoms with Crippen LogP contribution in [0.4, 0.5) is 0 Å². The van der Waals surface area contributed by atoms with E-state index < -0.39 is 0 Å². The average Bonchev–Trinajstić information content (AvgIpc) is 3.33. The Morgan fingerprint density at radius 2 is 1.95 bits per heavy atom. The molecule has 21 heavy (non-hydrogen) atoms. The summed E-state index contributed by atoms with van der Waals surface area (Å²) < 4.78 is 6.31. The van der Waals surface area contributed by atoms with E-state index in [0.29, 0.717) is 0 Å². The summed E-state index contributed by atoms with van der Waals surface area (Å²) in [7, 11) is 0. The molecule has 2 nitrogen and oxygen atoms in total. The molecule has 3 atom stereocenters. The van der Waals surface area contributed by atoms with Crippen LogP contribution >= 0.6 is 11.8 Å². The van der Waals surface area contributed by atoms with Gasteiger partial charge in [-0.05, 0) is 80.7 Å². The van der Waals surface area contributed by atoms with E-state index in [1.165, 1.54) is 63.0 Å².